The predicted molar refractivity (Wildman–Crippen MR) is 106 cm³/mol. The Balaban J connectivity index is 0. The van der Waals surface area contributed by atoms with Gasteiger partial charge in [0.25, 0.3) is 0 Å². The molecule has 0 amide bonds. The van der Waals surface area contributed by atoms with Crippen LogP contribution in [0.25, 0.3) is 0 Å². The van der Waals surface area contributed by atoms with Crippen LogP contribution in [-0.4, -0.2) is 23.0 Å². The van der Waals surface area contributed by atoms with E-state index in [0.717, 1.165) is 23.0 Å². The van der Waals surface area contributed by atoms with Crippen LogP contribution in [0.4, 0.5) is 0 Å². The highest BCUT2D eigenvalue weighted by Gasteiger charge is 1.84. The molecule has 0 bridgehead atoms. The zero-order chi connectivity index (χ0) is 13.9. The lowest BCUT2D eigenvalue weighted by molar-refractivity contribution is 1.84. The minimum absolute atomic E-state index is 1.02. The number of hydrogen-bond acceptors (Lipinski definition) is 6. The molecule has 0 spiro atoms. The lowest BCUT2D eigenvalue weighted by Gasteiger charge is -1.91. The van der Waals surface area contributed by atoms with E-state index in [9.17, 15) is 0 Å². The van der Waals surface area contributed by atoms with Crippen molar-refractivity contribution in [3.8, 4) is 0 Å². The normalized spacial score (nSPS) is 8.89. The van der Waals surface area contributed by atoms with Crippen molar-refractivity contribution in [3.05, 3.63) is 50.6 Å². The SMILES string of the molecule is C=CCSSSCC=C.C=CCSSSCC=C. The summed E-state index contributed by atoms with van der Waals surface area (Å²) in [7, 11) is 10.8. The number of hydrogen-bond donors (Lipinski definition) is 0. The summed E-state index contributed by atoms with van der Waals surface area (Å²) in [4.78, 5) is 0. The molecule has 0 aliphatic rings. The highest BCUT2D eigenvalue weighted by molar-refractivity contribution is 9.09. The second-order valence-corrected chi connectivity index (χ2v) is 11.1. The predicted octanol–water partition coefficient (Wildman–Crippen LogP) is 6.78. The van der Waals surface area contributed by atoms with Gasteiger partial charge in [-0.2, -0.15) is 0 Å². The van der Waals surface area contributed by atoms with Crippen LogP contribution < -0.4 is 0 Å². The van der Waals surface area contributed by atoms with Crippen molar-refractivity contribution in [2.24, 2.45) is 0 Å². The third-order valence-corrected chi connectivity index (χ3v) is 9.06. The quantitative estimate of drug-likeness (QED) is 0.213. The molecule has 0 rings (SSSR count). The van der Waals surface area contributed by atoms with Crippen LogP contribution in [0, 0.1) is 0 Å². The summed E-state index contributed by atoms with van der Waals surface area (Å²) in [5, 5.41) is 0. The van der Waals surface area contributed by atoms with Crippen molar-refractivity contribution in [1.29, 1.82) is 0 Å². The minimum atomic E-state index is 1.02. The maximum absolute atomic E-state index is 3.61. The fourth-order valence-electron chi connectivity index (χ4n) is 0.372. The molecule has 0 N–H and O–H groups in total. The molecule has 0 aromatic rings. The smallest absolute Gasteiger partial charge is 0.0223 e. The molecule has 18 heavy (non-hydrogen) atoms. The first-order valence-electron chi connectivity index (χ1n) is 5.09. The molecule has 0 aromatic carbocycles. The fourth-order valence-corrected chi connectivity index (χ4v) is 6.57. The molecule has 0 saturated carbocycles. The van der Waals surface area contributed by atoms with E-state index < -0.39 is 0 Å². The zero-order valence-electron chi connectivity index (χ0n) is 10.4. The Morgan fingerprint density at radius 1 is 0.500 bits per heavy atom. The van der Waals surface area contributed by atoms with Crippen LogP contribution in [0.15, 0.2) is 50.6 Å². The summed E-state index contributed by atoms with van der Waals surface area (Å²) in [6.45, 7) is 14.5. The largest absolute Gasteiger partial charge is 0.102 e. The molecule has 0 aromatic heterocycles. The van der Waals surface area contributed by atoms with Crippen molar-refractivity contribution < 1.29 is 0 Å². The molecule has 0 unspecified atom stereocenters. The topological polar surface area (TPSA) is 0 Å². The maximum atomic E-state index is 3.61. The summed E-state index contributed by atoms with van der Waals surface area (Å²) in [6, 6.07) is 0. The van der Waals surface area contributed by atoms with Crippen molar-refractivity contribution in [1.82, 2.24) is 0 Å². The number of rotatable bonds is 12. The van der Waals surface area contributed by atoms with Gasteiger partial charge in [0.2, 0.25) is 0 Å². The van der Waals surface area contributed by atoms with Crippen molar-refractivity contribution >= 4 is 62.8 Å². The van der Waals surface area contributed by atoms with Crippen LogP contribution in [0.2, 0.25) is 0 Å². The Hall–Kier alpha value is 1.06. The Bertz CT molecular complexity index is 163. The van der Waals surface area contributed by atoms with E-state index in [2.05, 4.69) is 26.3 Å². The van der Waals surface area contributed by atoms with Gasteiger partial charge in [0.1, 0.15) is 0 Å². The summed E-state index contributed by atoms with van der Waals surface area (Å²) in [5.74, 6) is 4.09. The average molecular weight is 357 g/mol. The van der Waals surface area contributed by atoms with Gasteiger partial charge in [0.15, 0.2) is 0 Å². The van der Waals surface area contributed by atoms with Gasteiger partial charge in [0, 0.05) is 23.0 Å². The van der Waals surface area contributed by atoms with E-state index in [1.807, 2.05) is 24.3 Å². The van der Waals surface area contributed by atoms with E-state index in [1.165, 1.54) is 0 Å². The highest BCUT2D eigenvalue weighted by Crippen LogP contribution is 2.34. The van der Waals surface area contributed by atoms with Crippen molar-refractivity contribution in [3.63, 3.8) is 0 Å². The van der Waals surface area contributed by atoms with Crippen LogP contribution in [-0.2, 0) is 0 Å². The third kappa shape index (κ3) is 25.8. The molecular weight excluding hydrogens is 337 g/mol. The van der Waals surface area contributed by atoms with E-state index in [0.29, 0.717) is 0 Å². The van der Waals surface area contributed by atoms with Crippen molar-refractivity contribution in [2.45, 2.75) is 0 Å². The van der Waals surface area contributed by atoms with Crippen LogP contribution in [0.5, 0.6) is 0 Å². The Morgan fingerprint density at radius 3 is 0.889 bits per heavy atom. The van der Waals surface area contributed by atoms with Crippen molar-refractivity contribution in [2.75, 3.05) is 23.0 Å². The van der Waals surface area contributed by atoms with Crippen LogP contribution in [0.3, 0.4) is 0 Å². The standard InChI is InChI=1S/2C6H10S3/c2*1-3-5-7-9-8-6-4-2/h2*3-4H,1-2,5-6H2. The molecule has 0 aliphatic heterocycles. The molecule has 0 radical (unpaired) electrons. The van der Waals surface area contributed by atoms with Gasteiger partial charge in [-0.25, -0.2) is 0 Å². The first-order chi connectivity index (χ1) is 8.83. The fraction of sp³-hybridized carbons (Fsp3) is 0.333. The summed E-state index contributed by atoms with van der Waals surface area (Å²) < 4.78 is 0. The monoisotopic (exact) mass is 356 g/mol. The molecule has 0 atom stereocenters. The van der Waals surface area contributed by atoms with Crippen LogP contribution >= 0.6 is 62.8 Å². The van der Waals surface area contributed by atoms with E-state index in [-0.39, 0.29) is 0 Å². The first-order valence-corrected chi connectivity index (χ1v) is 12.7. The molecule has 0 aliphatic carbocycles. The lowest BCUT2D eigenvalue weighted by Crippen LogP contribution is -1.61. The highest BCUT2D eigenvalue weighted by atomic mass is 33.5. The van der Waals surface area contributed by atoms with Gasteiger partial charge < -0.3 is 0 Å². The molecule has 0 fully saturated rings. The Labute approximate surface area is 135 Å². The molecule has 104 valence electrons. The summed E-state index contributed by atoms with van der Waals surface area (Å²) in [6.07, 6.45) is 7.64. The second kappa shape index (κ2) is 23.2. The van der Waals surface area contributed by atoms with E-state index in [1.54, 1.807) is 62.8 Å². The van der Waals surface area contributed by atoms with E-state index in [4.69, 9.17) is 0 Å². The maximum Gasteiger partial charge on any atom is 0.0223 e. The molecule has 0 heterocycles. The second-order valence-electron chi connectivity index (χ2n) is 2.43. The Morgan fingerprint density at radius 2 is 0.722 bits per heavy atom. The van der Waals surface area contributed by atoms with Gasteiger partial charge in [-0.3, -0.25) is 0 Å². The van der Waals surface area contributed by atoms with Gasteiger partial charge in [-0.05, 0) is 19.7 Å². The molecular formula is C12H20S6. The minimum Gasteiger partial charge on any atom is -0.102 e. The first kappa shape index (κ1) is 21.4. The molecule has 0 nitrogen and oxygen atoms in total. The Kier molecular flexibility index (Phi) is 27.5. The lowest BCUT2D eigenvalue weighted by atomic mass is 10.8. The zero-order valence-corrected chi connectivity index (χ0v) is 15.3. The van der Waals surface area contributed by atoms with Gasteiger partial charge in [-0.15, -0.1) is 26.3 Å². The van der Waals surface area contributed by atoms with E-state index >= 15 is 0 Å². The average Bonchev–Trinajstić information content (AvgIpc) is 2.39. The van der Waals surface area contributed by atoms with Crippen LogP contribution in [0.1, 0.15) is 0 Å². The molecule has 6 heteroatoms. The molecule has 0 saturated heterocycles. The third-order valence-electron chi connectivity index (χ3n) is 0.936. The van der Waals surface area contributed by atoms with Gasteiger partial charge in [-0.1, -0.05) is 67.5 Å². The van der Waals surface area contributed by atoms with Gasteiger partial charge in [0.05, 0.1) is 0 Å². The summed E-state index contributed by atoms with van der Waals surface area (Å²) in [5.41, 5.74) is 0. The summed E-state index contributed by atoms with van der Waals surface area (Å²) >= 11 is 0. The van der Waals surface area contributed by atoms with Gasteiger partial charge >= 0.3 is 0 Å².